The van der Waals surface area contributed by atoms with E-state index in [1.807, 2.05) is 0 Å². The molecule has 4 nitrogen and oxygen atoms in total. The smallest absolute Gasteiger partial charge is 0.227 e. The molecule has 1 aromatic rings. The maximum absolute atomic E-state index is 12.1. The number of methoxy groups -OCH3 is 1. The van der Waals surface area contributed by atoms with Crippen LogP contribution in [0.2, 0.25) is 5.02 Å². The molecule has 1 fully saturated rings. The van der Waals surface area contributed by atoms with Crippen molar-refractivity contribution < 1.29 is 9.53 Å². The Morgan fingerprint density at radius 1 is 1.42 bits per heavy atom. The first-order valence-electron chi connectivity index (χ1n) is 6.06. The molecule has 106 valence electrons. The van der Waals surface area contributed by atoms with Gasteiger partial charge in [0.15, 0.2) is 0 Å². The van der Waals surface area contributed by atoms with Crippen molar-refractivity contribution in [3.05, 3.63) is 23.2 Å². The number of anilines is 1. The Bertz CT molecular complexity index is 435. The largest absolute Gasteiger partial charge is 0.495 e. The molecule has 1 amide bonds. The maximum Gasteiger partial charge on any atom is 0.227 e. The zero-order valence-electron chi connectivity index (χ0n) is 10.7. The molecule has 0 bridgehead atoms. The van der Waals surface area contributed by atoms with Gasteiger partial charge in [-0.05, 0) is 44.1 Å². The number of carbonyl (C=O) groups is 1. The van der Waals surface area contributed by atoms with Gasteiger partial charge in [0.1, 0.15) is 5.75 Å². The molecule has 0 aromatic heterocycles. The van der Waals surface area contributed by atoms with Gasteiger partial charge < -0.3 is 15.4 Å². The van der Waals surface area contributed by atoms with E-state index in [1.54, 1.807) is 25.3 Å². The van der Waals surface area contributed by atoms with Crippen molar-refractivity contribution in [1.29, 1.82) is 0 Å². The van der Waals surface area contributed by atoms with Crippen LogP contribution >= 0.6 is 24.0 Å². The first-order valence-corrected chi connectivity index (χ1v) is 6.43. The first-order chi connectivity index (χ1) is 8.70. The van der Waals surface area contributed by atoms with E-state index in [9.17, 15) is 4.79 Å². The monoisotopic (exact) mass is 304 g/mol. The number of nitrogens with one attached hydrogen (secondary N) is 2. The van der Waals surface area contributed by atoms with Crippen molar-refractivity contribution >= 4 is 35.6 Å². The van der Waals surface area contributed by atoms with Crippen molar-refractivity contribution in [2.75, 3.05) is 25.5 Å². The van der Waals surface area contributed by atoms with Gasteiger partial charge >= 0.3 is 0 Å². The van der Waals surface area contributed by atoms with Gasteiger partial charge in [-0.15, -0.1) is 12.4 Å². The van der Waals surface area contributed by atoms with Crippen LogP contribution in [0.25, 0.3) is 0 Å². The molecule has 0 spiro atoms. The minimum Gasteiger partial charge on any atom is -0.495 e. The molecule has 2 rings (SSSR count). The maximum atomic E-state index is 12.1. The van der Waals surface area contributed by atoms with E-state index in [4.69, 9.17) is 16.3 Å². The van der Waals surface area contributed by atoms with Crippen LogP contribution in [-0.2, 0) is 4.79 Å². The lowest BCUT2D eigenvalue weighted by Gasteiger charge is -2.22. The van der Waals surface area contributed by atoms with Crippen molar-refractivity contribution in [1.82, 2.24) is 5.32 Å². The van der Waals surface area contributed by atoms with Crippen LogP contribution in [0, 0.1) is 5.92 Å². The average Bonchev–Trinajstić information content (AvgIpc) is 2.40. The van der Waals surface area contributed by atoms with E-state index in [0.717, 1.165) is 25.9 Å². The molecule has 0 saturated carbocycles. The second kappa shape index (κ2) is 7.58. The number of carbonyl (C=O) groups excluding carboxylic acids is 1. The summed E-state index contributed by atoms with van der Waals surface area (Å²) in [5.41, 5.74) is 0.633. The quantitative estimate of drug-likeness (QED) is 0.903. The molecule has 1 aliphatic heterocycles. The molecule has 1 aromatic carbocycles. The highest BCUT2D eigenvalue weighted by Crippen LogP contribution is 2.28. The number of hydrogen-bond donors (Lipinski definition) is 2. The summed E-state index contributed by atoms with van der Waals surface area (Å²) in [6.45, 7) is 1.79. The van der Waals surface area contributed by atoms with Crippen LogP contribution < -0.4 is 15.4 Å². The summed E-state index contributed by atoms with van der Waals surface area (Å²) in [7, 11) is 1.57. The molecule has 0 atom stereocenters. The van der Waals surface area contributed by atoms with Gasteiger partial charge in [0.25, 0.3) is 0 Å². The third-order valence-electron chi connectivity index (χ3n) is 3.13. The molecule has 6 heteroatoms. The normalized spacial score (nSPS) is 15.5. The standard InChI is InChI=1S/C13H17ClN2O2.ClH/c1-18-12-3-2-10(14)8-11(12)16-13(17)9-4-6-15-7-5-9;/h2-3,8-9,15H,4-7H2,1H3,(H,16,17);1H. The van der Waals surface area contributed by atoms with E-state index in [0.29, 0.717) is 16.5 Å². The Morgan fingerprint density at radius 2 is 2.11 bits per heavy atom. The fraction of sp³-hybridized carbons (Fsp3) is 0.462. The predicted octanol–water partition coefficient (Wildman–Crippen LogP) is 2.71. The van der Waals surface area contributed by atoms with Gasteiger partial charge in [0.2, 0.25) is 5.91 Å². The number of piperidine rings is 1. The SMILES string of the molecule is COc1ccc(Cl)cc1NC(=O)C1CCNCC1.Cl. The van der Waals surface area contributed by atoms with Crippen LogP contribution in [0.5, 0.6) is 5.75 Å². The lowest BCUT2D eigenvalue weighted by atomic mass is 9.97. The third-order valence-corrected chi connectivity index (χ3v) is 3.36. The predicted molar refractivity (Wildman–Crippen MR) is 79.5 cm³/mol. The van der Waals surface area contributed by atoms with E-state index >= 15 is 0 Å². The van der Waals surface area contributed by atoms with Crippen molar-refractivity contribution in [3.63, 3.8) is 0 Å². The Kier molecular flexibility index (Phi) is 6.42. The molecule has 0 aliphatic carbocycles. The summed E-state index contributed by atoms with van der Waals surface area (Å²) in [6.07, 6.45) is 1.74. The summed E-state index contributed by atoms with van der Waals surface area (Å²) >= 11 is 5.93. The molecule has 1 heterocycles. The van der Waals surface area contributed by atoms with Gasteiger partial charge in [-0.1, -0.05) is 11.6 Å². The van der Waals surface area contributed by atoms with E-state index in [2.05, 4.69) is 10.6 Å². The molecule has 1 aliphatic rings. The minimum atomic E-state index is 0. The molecule has 0 unspecified atom stereocenters. The van der Waals surface area contributed by atoms with Gasteiger partial charge in [0.05, 0.1) is 12.8 Å². The molecular formula is C13H18Cl2N2O2. The average molecular weight is 305 g/mol. The van der Waals surface area contributed by atoms with E-state index in [1.165, 1.54) is 0 Å². The lowest BCUT2D eigenvalue weighted by Crippen LogP contribution is -2.34. The number of rotatable bonds is 3. The number of halogens is 2. The fourth-order valence-corrected chi connectivity index (χ4v) is 2.27. The first kappa shape index (κ1) is 16.1. The fourth-order valence-electron chi connectivity index (χ4n) is 2.10. The van der Waals surface area contributed by atoms with Crippen LogP contribution in [0.4, 0.5) is 5.69 Å². The lowest BCUT2D eigenvalue weighted by molar-refractivity contribution is -0.120. The molecule has 1 saturated heterocycles. The number of amides is 1. The second-order valence-electron chi connectivity index (χ2n) is 4.36. The van der Waals surface area contributed by atoms with E-state index < -0.39 is 0 Å². The topological polar surface area (TPSA) is 50.4 Å². The van der Waals surface area contributed by atoms with Gasteiger partial charge in [0, 0.05) is 10.9 Å². The third kappa shape index (κ3) is 4.27. The molecule has 2 N–H and O–H groups in total. The Balaban J connectivity index is 0.00000180. The van der Waals surface area contributed by atoms with Crippen LogP contribution in [0.15, 0.2) is 18.2 Å². The molecule has 19 heavy (non-hydrogen) atoms. The summed E-state index contributed by atoms with van der Waals surface area (Å²) in [6, 6.07) is 5.19. The van der Waals surface area contributed by atoms with Crippen LogP contribution in [-0.4, -0.2) is 26.1 Å². The van der Waals surface area contributed by atoms with Crippen molar-refractivity contribution in [3.8, 4) is 5.75 Å². The summed E-state index contributed by atoms with van der Waals surface area (Å²) in [5.74, 6) is 0.730. The Morgan fingerprint density at radius 3 is 2.74 bits per heavy atom. The highest BCUT2D eigenvalue weighted by molar-refractivity contribution is 6.31. The summed E-state index contributed by atoms with van der Waals surface area (Å²) in [4.78, 5) is 12.1. The molecule has 0 radical (unpaired) electrons. The van der Waals surface area contributed by atoms with Gasteiger partial charge in [-0.2, -0.15) is 0 Å². The van der Waals surface area contributed by atoms with Crippen molar-refractivity contribution in [2.24, 2.45) is 5.92 Å². The second-order valence-corrected chi connectivity index (χ2v) is 4.79. The van der Waals surface area contributed by atoms with Crippen molar-refractivity contribution in [2.45, 2.75) is 12.8 Å². The number of hydrogen-bond acceptors (Lipinski definition) is 3. The van der Waals surface area contributed by atoms with Crippen LogP contribution in [0.3, 0.4) is 0 Å². The van der Waals surface area contributed by atoms with Crippen LogP contribution in [0.1, 0.15) is 12.8 Å². The van der Waals surface area contributed by atoms with E-state index in [-0.39, 0.29) is 24.2 Å². The highest BCUT2D eigenvalue weighted by Gasteiger charge is 2.21. The summed E-state index contributed by atoms with van der Waals surface area (Å²) < 4.78 is 5.20. The number of ether oxygens (including phenoxy) is 1. The Labute approximate surface area is 124 Å². The Hall–Kier alpha value is -0.970. The zero-order chi connectivity index (χ0) is 13.0. The summed E-state index contributed by atoms with van der Waals surface area (Å²) in [5, 5.41) is 6.72. The van der Waals surface area contributed by atoms with Gasteiger partial charge in [-0.25, -0.2) is 0 Å². The minimum absolute atomic E-state index is 0. The van der Waals surface area contributed by atoms with Gasteiger partial charge in [-0.3, -0.25) is 4.79 Å². The highest BCUT2D eigenvalue weighted by atomic mass is 35.5. The zero-order valence-corrected chi connectivity index (χ0v) is 12.3. The molecular weight excluding hydrogens is 287 g/mol. The number of benzene rings is 1.